The SMILES string of the molecule is CCCCC(=O)N=c1sc2ccc([N+](=O)[O-])cc2n1CCOCC. The molecule has 8 heteroatoms. The number of aromatic nitrogens is 1. The average molecular weight is 351 g/mol. The van der Waals surface area contributed by atoms with Gasteiger partial charge in [-0.05, 0) is 19.4 Å². The molecule has 2 aromatic rings. The summed E-state index contributed by atoms with van der Waals surface area (Å²) in [6.45, 7) is 5.47. The van der Waals surface area contributed by atoms with Crippen LogP contribution in [0.15, 0.2) is 23.2 Å². The largest absolute Gasteiger partial charge is 0.380 e. The van der Waals surface area contributed by atoms with Crippen molar-refractivity contribution in [1.29, 1.82) is 0 Å². The van der Waals surface area contributed by atoms with Gasteiger partial charge in [-0.2, -0.15) is 4.99 Å². The first-order valence-corrected chi connectivity index (χ1v) is 8.81. The van der Waals surface area contributed by atoms with E-state index in [0.29, 0.717) is 36.5 Å². The van der Waals surface area contributed by atoms with Crippen LogP contribution in [0.5, 0.6) is 0 Å². The predicted octanol–water partition coefficient (Wildman–Crippen LogP) is 3.27. The molecule has 1 heterocycles. The zero-order valence-corrected chi connectivity index (χ0v) is 14.7. The van der Waals surface area contributed by atoms with Gasteiger partial charge in [0.25, 0.3) is 5.69 Å². The molecule has 0 radical (unpaired) electrons. The number of carbonyl (C=O) groups is 1. The fraction of sp³-hybridized carbons (Fsp3) is 0.500. The summed E-state index contributed by atoms with van der Waals surface area (Å²) in [5.41, 5.74) is 0.727. The van der Waals surface area contributed by atoms with E-state index in [4.69, 9.17) is 4.74 Å². The molecule has 0 bridgehead atoms. The molecule has 130 valence electrons. The molecular formula is C16H21N3O4S. The maximum Gasteiger partial charge on any atom is 0.271 e. The van der Waals surface area contributed by atoms with Crippen LogP contribution in [0.1, 0.15) is 33.1 Å². The van der Waals surface area contributed by atoms with Crippen molar-refractivity contribution < 1.29 is 14.5 Å². The Morgan fingerprint density at radius 2 is 2.21 bits per heavy atom. The van der Waals surface area contributed by atoms with Gasteiger partial charge < -0.3 is 9.30 Å². The number of unbranched alkanes of at least 4 members (excludes halogenated alkanes) is 1. The fourth-order valence-corrected chi connectivity index (χ4v) is 3.32. The van der Waals surface area contributed by atoms with Gasteiger partial charge in [0, 0.05) is 31.7 Å². The molecular weight excluding hydrogens is 330 g/mol. The summed E-state index contributed by atoms with van der Waals surface area (Å²) in [6, 6.07) is 4.69. The molecule has 7 nitrogen and oxygen atoms in total. The predicted molar refractivity (Wildman–Crippen MR) is 93.1 cm³/mol. The number of hydrogen-bond donors (Lipinski definition) is 0. The number of rotatable bonds is 8. The Kier molecular flexibility index (Phi) is 6.62. The second-order valence-electron chi connectivity index (χ2n) is 5.25. The maximum atomic E-state index is 12.0. The third-order valence-corrected chi connectivity index (χ3v) is 4.56. The molecule has 0 N–H and O–H groups in total. The van der Waals surface area contributed by atoms with Crippen LogP contribution < -0.4 is 4.80 Å². The highest BCUT2D eigenvalue weighted by Crippen LogP contribution is 2.23. The Morgan fingerprint density at radius 1 is 1.42 bits per heavy atom. The van der Waals surface area contributed by atoms with Crippen molar-refractivity contribution >= 4 is 33.1 Å². The number of nitro groups is 1. The number of non-ortho nitro benzene ring substituents is 1. The van der Waals surface area contributed by atoms with Crippen LogP contribution in [0.4, 0.5) is 5.69 Å². The summed E-state index contributed by atoms with van der Waals surface area (Å²) in [5.74, 6) is -0.164. The van der Waals surface area contributed by atoms with E-state index >= 15 is 0 Å². The lowest BCUT2D eigenvalue weighted by molar-refractivity contribution is -0.384. The van der Waals surface area contributed by atoms with Crippen LogP contribution in [-0.4, -0.2) is 28.6 Å². The first-order valence-electron chi connectivity index (χ1n) is 7.99. The van der Waals surface area contributed by atoms with Crippen molar-refractivity contribution in [2.45, 2.75) is 39.7 Å². The van der Waals surface area contributed by atoms with E-state index in [1.165, 1.54) is 23.5 Å². The standard InChI is InChI=1S/C16H21N3O4S/c1-3-5-6-15(20)17-16-18(9-10-23-4-2)13-11-12(19(21)22)7-8-14(13)24-16/h7-8,11H,3-6,9-10H2,1-2H3. The Balaban J connectivity index is 2.47. The van der Waals surface area contributed by atoms with Gasteiger partial charge in [-0.1, -0.05) is 24.7 Å². The van der Waals surface area contributed by atoms with Crippen LogP contribution in [0.2, 0.25) is 0 Å². The zero-order chi connectivity index (χ0) is 17.5. The second-order valence-corrected chi connectivity index (χ2v) is 6.26. The molecule has 1 aromatic heterocycles. The van der Waals surface area contributed by atoms with E-state index in [-0.39, 0.29) is 11.6 Å². The third-order valence-electron chi connectivity index (χ3n) is 3.50. The topological polar surface area (TPSA) is 86.7 Å². The molecule has 0 aliphatic heterocycles. The van der Waals surface area contributed by atoms with Crippen molar-refractivity contribution in [3.8, 4) is 0 Å². The summed E-state index contributed by atoms with van der Waals surface area (Å²) < 4.78 is 8.07. The number of ether oxygens (including phenoxy) is 1. The fourth-order valence-electron chi connectivity index (χ4n) is 2.26. The summed E-state index contributed by atoms with van der Waals surface area (Å²) in [6.07, 6.45) is 2.15. The summed E-state index contributed by atoms with van der Waals surface area (Å²) >= 11 is 1.36. The molecule has 0 atom stereocenters. The third kappa shape index (κ3) is 4.48. The highest BCUT2D eigenvalue weighted by molar-refractivity contribution is 7.16. The maximum absolute atomic E-state index is 12.0. The average Bonchev–Trinajstić information content (AvgIpc) is 2.89. The molecule has 2 rings (SSSR count). The normalized spacial score (nSPS) is 12.0. The quantitative estimate of drug-likeness (QED) is 0.415. The van der Waals surface area contributed by atoms with Crippen molar-refractivity contribution in [3.05, 3.63) is 33.1 Å². The van der Waals surface area contributed by atoms with Gasteiger partial charge in [-0.15, -0.1) is 0 Å². The number of nitro benzene ring substituents is 1. The van der Waals surface area contributed by atoms with Crippen LogP contribution in [0, 0.1) is 10.1 Å². The number of fused-ring (bicyclic) bond motifs is 1. The molecule has 24 heavy (non-hydrogen) atoms. The second kappa shape index (κ2) is 8.70. The van der Waals surface area contributed by atoms with E-state index in [2.05, 4.69) is 4.99 Å². The van der Waals surface area contributed by atoms with Gasteiger partial charge in [-0.25, -0.2) is 0 Å². The van der Waals surface area contributed by atoms with E-state index in [9.17, 15) is 14.9 Å². The minimum absolute atomic E-state index is 0.0225. The highest BCUT2D eigenvalue weighted by atomic mass is 32.1. The first-order chi connectivity index (χ1) is 11.6. The van der Waals surface area contributed by atoms with Crippen molar-refractivity contribution in [2.24, 2.45) is 4.99 Å². The summed E-state index contributed by atoms with van der Waals surface area (Å²) in [4.78, 5) is 27.4. The number of amides is 1. The lowest BCUT2D eigenvalue weighted by atomic mass is 10.2. The van der Waals surface area contributed by atoms with Gasteiger partial charge in [0.15, 0.2) is 4.80 Å². The van der Waals surface area contributed by atoms with Crippen molar-refractivity contribution in [3.63, 3.8) is 0 Å². The molecule has 1 amide bonds. The van der Waals surface area contributed by atoms with Crippen LogP contribution in [0.3, 0.4) is 0 Å². The number of thiazole rings is 1. The minimum atomic E-state index is -0.423. The minimum Gasteiger partial charge on any atom is -0.380 e. The molecule has 1 aromatic carbocycles. The number of hydrogen-bond acceptors (Lipinski definition) is 5. The smallest absolute Gasteiger partial charge is 0.271 e. The van der Waals surface area contributed by atoms with Crippen LogP contribution >= 0.6 is 11.3 Å². The van der Waals surface area contributed by atoms with Gasteiger partial charge in [0.2, 0.25) is 5.91 Å². The van der Waals surface area contributed by atoms with E-state index in [0.717, 1.165) is 17.5 Å². The van der Waals surface area contributed by atoms with Gasteiger partial charge >= 0.3 is 0 Å². The van der Waals surface area contributed by atoms with Gasteiger partial charge in [-0.3, -0.25) is 14.9 Å². The van der Waals surface area contributed by atoms with Gasteiger partial charge in [0.1, 0.15) is 0 Å². The van der Waals surface area contributed by atoms with Crippen LogP contribution in [-0.2, 0) is 16.1 Å². The van der Waals surface area contributed by atoms with E-state index in [1.54, 1.807) is 6.07 Å². The van der Waals surface area contributed by atoms with Crippen LogP contribution in [0.25, 0.3) is 10.2 Å². The molecule has 0 spiro atoms. The molecule has 0 saturated heterocycles. The Hall–Kier alpha value is -2.06. The molecule has 0 unspecified atom stereocenters. The lowest BCUT2D eigenvalue weighted by Gasteiger charge is -2.05. The lowest BCUT2D eigenvalue weighted by Crippen LogP contribution is -2.19. The zero-order valence-electron chi connectivity index (χ0n) is 13.9. The molecule has 0 aliphatic carbocycles. The molecule has 0 saturated carbocycles. The molecule has 0 fully saturated rings. The Labute approximate surface area is 143 Å². The summed E-state index contributed by atoms with van der Waals surface area (Å²) in [5, 5.41) is 11.0. The number of benzene rings is 1. The molecule has 0 aliphatic rings. The van der Waals surface area contributed by atoms with Crippen molar-refractivity contribution in [1.82, 2.24) is 4.57 Å². The number of carbonyl (C=O) groups excluding carboxylic acids is 1. The number of nitrogens with zero attached hydrogens (tertiary/aromatic N) is 3. The van der Waals surface area contributed by atoms with E-state index in [1.807, 2.05) is 18.4 Å². The van der Waals surface area contributed by atoms with E-state index < -0.39 is 4.92 Å². The van der Waals surface area contributed by atoms with Gasteiger partial charge in [0.05, 0.1) is 21.7 Å². The Morgan fingerprint density at radius 3 is 2.88 bits per heavy atom. The first kappa shape index (κ1) is 18.3. The monoisotopic (exact) mass is 351 g/mol. The summed E-state index contributed by atoms with van der Waals surface area (Å²) in [7, 11) is 0. The highest BCUT2D eigenvalue weighted by Gasteiger charge is 2.13. The van der Waals surface area contributed by atoms with Crippen molar-refractivity contribution in [2.75, 3.05) is 13.2 Å². The Bertz CT molecular complexity index is 794.